The third-order valence-corrected chi connectivity index (χ3v) is 7.36. The number of carbonyl (C=O) groups excluding carboxylic acids is 1. The topological polar surface area (TPSA) is 113 Å². The SMILES string of the molecule is O=C(O)c1nn(C(=O)Nc2cncc(Cc3ccccc3)c2)c2ccc(-c3cncc(CN4CCCCC4)c3)cc12. The van der Waals surface area contributed by atoms with Crippen molar-refractivity contribution in [1.29, 1.82) is 0 Å². The van der Waals surface area contributed by atoms with Crippen LogP contribution < -0.4 is 5.32 Å². The van der Waals surface area contributed by atoms with Crippen LogP contribution in [0.4, 0.5) is 10.5 Å². The molecule has 41 heavy (non-hydrogen) atoms. The first-order chi connectivity index (χ1) is 20.0. The molecule has 0 bridgehead atoms. The number of benzene rings is 2. The van der Waals surface area contributed by atoms with Crippen molar-refractivity contribution in [2.75, 3.05) is 18.4 Å². The van der Waals surface area contributed by atoms with Crippen LogP contribution in [0.3, 0.4) is 0 Å². The first kappa shape index (κ1) is 26.3. The summed E-state index contributed by atoms with van der Waals surface area (Å²) in [6.07, 6.45) is 11.3. The molecule has 0 radical (unpaired) electrons. The van der Waals surface area contributed by atoms with E-state index in [9.17, 15) is 14.7 Å². The quantitative estimate of drug-likeness (QED) is 0.263. The highest BCUT2D eigenvalue weighted by Crippen LogP contribution is 2.28. The second-order valence-electron chi connectivity index (χ2n) is 10.4. The van der Waals surface area contributed by atoms with Gasteiger partial charge in [-0.2, -0.15) is 9.78 Å². The summed E-state index contributed by atoms with van der Waals surface area (Å²) in [6, 6.07) is 18.7. The number of amides is 1. The number of anilines is 1. The Hall–Kier alpha value is -4.89. The van der Waals surface area contributed by atoms with Crippen LogP contribution >= 0.6 is 0 Å². The predicted octanol–water partition coefficient (Wildman–Crippen LogP) is 5.85. The number of carboxylic acids is 1. The molecule has 0 unspecified atom stereocenters. The van der Waals surface area contributed by atoms with Gasteiger partial charge in [-0.25, -0.2) is 9.59 Å². The highest BCUT2D eigenvalue weighted by Gasteiger charge is 2.21. The molecule has 206 valence electrons. The number of pyridine rings is 2. The molecule has 2 aromatic carbocycles. The molecule has 9 heteroatoms. The monoisotopic (exact) mass is 546 g/mol. The zero-order chi connectivity index (χ0) is 28.2. The smallest absolute Gasteiger partial charge is 0.357 e. The van der Waals surface area contributed by atoms with Gasteiger partial charge in [0, 0.05) is 36.1 Å². The molecular formula is C32H30N6O3. The number of hydrogen-bond acceptors (Lipinski definition) is 6. The van der Waals surface area contributed by atoms with Crippen LogP contribution in [0.1, 0.15) is 46.4 Å². The van der Waals surface area contributed by atoms with Crippen molar-refractivity contribution in [3.8, 4) is 11.1 Å². The van der Waals surface area contributed by atoms with E-state index in [-0.39, 0.29) is 5.69 Å². The molecule has 1 saturated heterocycles. The highest BCUT2D eigenvalue weighted by molar-refractivity contribution is 6.06. The Kier molecular flexibility index (Phi) is 7.51. The highest BCUT2D eigenvalue weighted by atomic mass is 16.4. The van der Waals surface area contributed by atoms with Crippen LogP contribution in [-0.4, -0.2) is 54.8 Å². The molecule has 3 aromatic heterocycles. The van der Waals surface area contributed by atoms with Gasteiger partial charge in [0.2, 0.25) is 0 Å². The van der Waals surface area contributed by atoms with Gasteiger partial charge in [-0.05, 0) is 78.9 Å². The lowest BCUT2D eigenvalue weighted by Gasteiger charge is -2.26. The van der Waals surface area contributed by atoms with Crippen molar-refractivity contribution >= 4 is 28.6 Å². The lowest BCUT2D eigenvalue weighted by molar-refractivity contribution is 0.0692. The molecule has 5 aromatic rings. The molecule has 9 nitrogen and oxygen atoms in total. The summed E-state index contributed by atoms with van der Waals surface area (Å²) >= 11 is 0. The van der Waals surface area contributed by atoms with Gasteiger partial charge in [0.1, 0.15) is 0 Å². The van der Waals surface area contributed by atoms with Gasteiger partial charge >= 0.3 is 12.0 Å². The maximum absolute atomic E-state index is 13.3. The Morgan fingerprint density at radius 3 is 2.39 bits per heavy atom. The Labute approximate surface area is 237 Å². The van der Waals surface area contributed by atoms with E-state index in [0.29, 0.717) is 23.0 Å². The van der Waals surface area contributed by atoms with Gasteiger partial charge in [-0.15, -0.1) is 0 Å². The number of nitrogens with zero attached hydrogens (tertiary/aromatic N) is 5. The van der Waals surface area contributed by atoms with Gasteiger partial charge in [-0.3, -0.25) is 14.9 Å². The van der Waals surface area contributed by atoms with Crippen molar-refractivity contribution in [3.63, 3.8) is 0 Å². The van der Waals surface area contributed by atoms with Gasteiger partial charge in [0.05, 0.1) is 17.4 Å². The number of aromatic carboxylic acids is 1. The zero-order valence-corrected chi connectivity index (χ0v) is 22.5. The molecular weight excluding hydrogens is 516 g/mol. The van der Waals surface area contributed by atoms with E-state index in [0.717, 1.165) is 52.1 Å². The lowest BCUT2D eigenvalue weighted by atomic mass is 10.0. The number of carbonyl (C=O) groups is 2. The van der Waals surface area contributed by atoms with Crippen LogP contribution in [-0.2, 0) is 13.0 Å². The van der Waals surface area contributed by atoms with Crippen LogP contribution in [0.25, 0.3) is 22.0 Å². The molecule has 1 amide bonds. The molecule has 0 saturated carbocycles. The Balaban J connectivity index is 1.26. The molecule has 0 spiro atoms. The third kappa shape index (κ3) is 6.00. The van der Waals surface area contributed by atoms with Gasteiger partial charge in [-0.1, -0.05) is 42.8 Å². The van der Waals surface area contributed by atoms with Crippen LogP contribution in [0.2, 0.25) is 0 Å². The molecule has 1 fully saturated rings. The standard InChI is InChI=1S/C32H30N6O3/c39-31(40)30-28-16-25(26-14-24(18-33-19-26)21-37-11-5-2-6-12-37)9-10-29(28)38(36-30)32(41)35-27-15-23(17-34-20-27)13-22-7-3-1-4-8-22/h1,3-4,7-10,14-20H,2,5-6,11-13,21H2,(H,35,41)(H,39,40). The number of rotatable bonds is 7. The summed E-state index contributed by atoms with van der Waals surface area (Å²) in [5, 5.41) is 17.3. The number of nitrogens with one attached hydrogen (secondary N) is 1. The summed E-state index contributed by atoms with van der Waals surface area (Å²) in [4.78, 5) is 36.5. The van der Waals surface area contributed by atoms with E-state index >= 15 is 0 Å². The minimum Gasteiger partial charge on any atom is -0.476 e. The average molecular weight is 547 g/mol. The third-order valence-electron chi connectivity index (χ3n) is 7.36. The second kappa shape index (κ2) is 11.7. The molecule has 0 aliphatic carbocycles. The van der Waals surface area contributed by atoms with Crippen molar-refractivity contribution < 1.29 is 14.7 Å². The molecule has 1 aliphatic heterocycles. The second-order valence-corrected chi connectivity index (χ2v) is 10.4. The number of hydrogen-bond donors (Lipinski definition) is 2. The summed E-state index contributed by atoms with van der Waals surface area (Å²) in [5.74, 6) is -1.21. The fourth-order valence-electron chi connectivity index (χ4n) is 5.38. The number of piperidine rings is 1. The maximum atomic E-state index is 13.3. The Morgan fingerprint density at radius 2 is 1.59 bits per heavy atom. The van der Waals surface area contributed by atoms with Crippen molar-refractivity contribution in [2.45, 2.75) is 32.2 Å². The summed E-state index contributed by atoms with van der Waals surface area (Å²) in [6.45, 7) is 3.02. The first-order valence-electron chi connectivity index (χ1n) is 13.8. The molecule has 4 heterocycles. The van der Waals surface area contributed by atoms with E-state index in [1.54, 1.807) is 30.7 Å². The van der Waals surface area contributed by atoms with Crippen molar-refractivity contribution in [3.05, 3.63) is 108 Å². The van der Waals surface area contributed by atoms with Crippen LogP contribution in [0.5, 0.6) is 0 Å². The minimum atomic E-state index is -1.21. The summed E-state index contributed by atoms with van der Waals surface area (Å²) in [5.41, 5.74) is 5.58. The molecule has 1 aliphatic rings. The first-order valence-corrected chi connectivity index (χ1v) is 13.8. The number of aromatic nitrogens is 4. The predicted molar refractivity (Wildman–Crippen MR) is 157 cm³/mol. The summed E-state index contributed by atoms with van der Waals surface area (Å²) in [7, 11) is 0. The normalized spacial score (nSPS) is 13.8. The molecule has 2 N–H and O–H groups in total. The van der Waals surface area contributed by atoms with Crippen molar-refractivity contribution in [1.82, 2.24) is 24.6 Å². The van der Waals surface area contributed by atoms with E-state index in [2.05, 4.69) is 31.3 Å². The lowest BCUT2D eigenvalue weighted by Crippen LogP contribution is -2.29. The van der Waals surface area contributed by atoms with E-state index < -0.39 is 12.0 Å². The van der Waals surface area contributed by atoms with E-state index in [1.807, 2.05) is 48.7 Å². The molecule has 0 atom stereocenters. The Morgan fingerprint density at radius 1 is 0.805 bits per heavy atom. The van der Waals surface area contributed by atoms with Gasteiger partial charge in [0.15, 0.2) is 5.69 Å². The van der Waals surface area contributed by atoms with E-state index in [4.69, 9.17) is 0 Å². The largest absolute Gasteiger partial charge is 0.476 e. The fraction of sp³-hybridized carbons (Fsp3) is 0.219. The number of fused-ring (bicyclic) bond motifs is 1. The Bertz CT molecular complexity index is 1710. The fourth-order valence-corrected chi connectivity index (χ4v) is 5.38. The number of carboxylic acid groups (broad SMARTS) is 1. The van der Waals surface area contributed by atoms with Crippen LogP contribution in [0, 0.1) is 0 Å². The average Bonchev–Trinajstić information content (AvgIpc) is 3.38. The van der Waals surface area contributed by atoms with Gasteiger partial charge < -0.3 is 10.4 Å². The summed E-state index contributed by atoms with van der Waals surface area (Å²) < 4.78 is 1.09. The number of likely N-dealkylation sites (tertiary alicyclic amines) is 1. The zero-order valence-electron chi connectivity index (χ0n) is 22.5. The van der Waals surface area contributed by atoms with E-state index in [1.165, 1.54) is 19.3 Å². The maximum Gasteiger partial charge on any atom is 0.357 e. The molecule has 6 rings (SSSR count). The van der Waals surface area contributed by atoms with Crippen molar-refractivity contribution in [2.24, 2.45) is 0 Å². The minimum absolute atomic E-state index is 0.189. The van der Waals surface area contributed by atoms with Gasteiger partial charge in [0.25, 0.3) is 0 Å². The van der Waals surface area contributed by atoms with Crippen LogP contribution in [0.15, 0.2) is 85.5 Å².